The van der Waals surface area contributed by atoms with Gasteiger partial charge in [-0.3, -0.25) is 4.68 Å². The van der Waals surface area contributed by atoms with Crippen LogP contribution in [-0.4, -0.2) is 16.0 Å². The van der Waals surface area contributed by atoms with Crippen molar-refractivity contribution in [1.29, 1.82) is 0 Å². The number of nitrogens with zero attached hydrogens (tertiary/aromatic N) is 2. The lowest BCUT2D eigenvalue weighted by molar-refractivity contribution is 0.737. The van der Waals surface area contributed by atoms with Crippen LogP contribution in [0.3, 0.4) is 0 Å². The van der Waals surface area contributed by atoms with Crippen LogP contribution in [0.2, 0.25) is 0 Å². The number of hydrogen-bond donors (Lipinski definition) is 1. The molecule has 4 heteroatoms. The Morgan fingerprint density at radius 3 is 2.90 bits per heavy atom. The Balaban J connectivity index is 2.87. The fourth-order valence-corrected chi connectivity index (χ4v) is 1.42. The monoisotopic (exact) mass is 157 g/mol. The number of anilines is 1. The molecular weight excluding hydrogens is 146 g/mol. The highest BCUT2D eigenvalue weighted by Crippen LogP contribution is 2.14. The normalized spacial score (nSPS) is 10.2. The molecule has 0 radical (unpaired) electrons. The second-order valence-electron chi connectivity index (χ2n) is 2.10. The lowest BCUT2D eigenvalue weighted by atomic mass is 10.4. The van der Waals surface area contributed by atoms with Crippen molar-refractivity contribution in [1.82, 2.24) is 9.78 Å². The number of aryl methyl sites for hydroxylation is 1. The Kier molecular flexibility index (Phi) is 2.21. The molecule has 1 aromatic rings. The Bertz CT molecular complexity index is 199. The first kappa shape index (κ1) is 7.47. The molecule has 0 unspecified atom stereocenters. The van der Waals surface area contributed by atoms with E-state index in [1.165, 1.54) is 0 Å². The minimum Gasteiger partial charge on any atom is -0.396 e. The molecule has 0 atom stereocenters. The number of nitrogens with two attached hydrogens (primary N) is 1. The van der Waals surface area contributed by atoms with E-state index in [9.17, 15) is 0 Å². The standard InChI is InChI=1S/C6H11N3S/c1-9-6(4-10-2)5(7)3-8-9/h3H,4,7H2,1-2H3. The Hall–Kier alpha value is -0.640. The van der Waals surface area contributed by atoms with Gasteiger partial charge in [-0.25, -0.2) is 0 Å². The molecular formula is C6H11N3S. The summed E-state index contributed by atoms with van der Waals surface area (Å²) in [4.78, 5) is 0. The summed E-state index contributed by atoms with van der Waals surface area (Å²) in [7, 11) is 1.90. The van der Waals surface area contributed by atoms with Gasteiger partial charge in [-0.2, -0.15) is 16.9 Å². The Morgan fingerprint density at radius 1 is 1.80 bits per heavy atom. The van der Waals surface area contributed by atoms with Crippen molar-refractivity contribution in [3.8, 4) is 0 Å². The lowest BCUT2D eigenvalue weighted by Crippen LogP contribution is -1.98. The molecule has 3 nitrogen and oxygen atoms in total. The van der Waals surface area contributed by atoms with Crippen molar-refractivity contribution in [2.24, 2.45) is 7.05 Å². The van der Waals surface area contributed by atoms with Gasteiger partial charge in [0.15, 0.2) is 0 Å². The van der Waals surface area contributed by atoms with Gasteiger partial charge in [0, 0.05) is 12.8 Å². The molecule has 0 amide bonds. The molecule has 0 aliphatic rings. The van der Waals surface area contributed by atoms with Crippen LogP contribution in [0, 0.1) is 0 Å². The third kappa shape index (κ3) is 1.26. The molecule has 0 bridgehead atoms. The summed E-state index contributed by atoms with van der Waals surface area (Å²) in [6.07, 6.45) is 3.73. The van der Waals surface area contributed by atoms with Gasteiger partial charge < -0.3 is 5.73 Å². The van der Waals surface area contributed by atoms with E-state index in [0.29, 0.717) is 0 Å². The first-order valence-corrected chi connectivity index (χ1v) is 4.40. The fourth-order valence-electron chi connectivity index (χ4n) is 0.793. The predicted octanol–water partition coefficient (Wildman–Crippen LogP) is 0.865. The summed E-state index contributed by atoms with van der Waals surface area (Å²) >= 11 is 1.75. The molecule has 1 heterocycles. The minimum absolute atomic E-state index is 0.789. The summed E-state index contributed by atoms with van der Waals surface area (Å²) < 4.78 is 1.81. The van der Waals surface area contributed by atoms with Crippen molar-refractivity contribution >= 4 is 17.4 Å². The zero-order valence-corrected chi connectivity index (χ0v) is 6.98. The molecule has 10 heavy (non-hydrogen) atoms. The summed E-state index contributed by atoms with van der Waals surface area (Å²) in [6.45, 7) is 0. The van der Waals surface area contributed by atoms with E-state index in [1.54, 1.807) is 18.0 Å². The predicted molar refractivity (Wildman–Crippen MR) is 44.8 cm³/mol. The van der Waals surface area contributed by atoms with Crippen LogP contribution in [0.4, 0.5) is 5.69 Å². The fraction of sp³-hybridized carbons (Fsp3) is 0.500. The Morgan fingerprint density at radius 2 is 2.50 bits per heavy atom. The first-order valence-electron chi connectivity index (χ1n) is 3.01. The summed E-state index contributed by atoms with van der Waals surface area (Å²) in [6, 6.07) is 0. The average Bonchev–Trinajstić information content (AvgIpc) is 2.20. The number of rotatable bonds is 2. The van der Waals surface area contributed by atoms with Gasteiger partial charge in [-0.05, 0) is 6.26 Å². The van der Waals surface area contributed by atoms with E-state index in [4.69, 9.17) is 5.73 Å². The molecule has 0 fully saturated rings. The van der Waals surface area contributed by atoms with E-state index in [1.807, 2.05) is 18.0 Å². The highest BCUT2D eigenvalue weighted by atomic mass is 32.2. The van der Waals surface area contributed by atoms with Gasteiger partial charge in [-0.15, -0.1) is 0 Å². The van der Waals surface area contributed by atoms with Crippen molar-refractivity contribution in [2.75, 3.05) is 12.0 Å². The molecule has 1 rings (SSSR count). The smallest absolute Gasteiger partial charge is 0.0741 e. The van der Waals surface area contributed by atoms with Gasteiger partial charge in [0.25, 0.3) is 0 Å². The molecule has 0 saturated heterocycles. The van der Waals surface area contributed by atoms with Crippen LogP contribution < -0.4 is 5.73 Å². The van der Waals surface area contributed by atoms with Crippen LogP contribution in [-0.2, 0) is 12.8 Å². The maximum atomic E-state index is 5.63. The van der Waals surface area contributed by atoms with Crippen LogP contribution in [0.1, 0.15) is 5.69 Å². The van der Waals surface area contributed by atoms with E-state index in [2.05, 4.69) is 5.10 Å². The van der Waals surface area contributed by atoms with E-state index in [0.717, 1.165) is 17.1 Å². The third-order valence-corrected chi connectivity index (χ3v) is 1.94. The summed E-state index contributed by atoms with van der Waals surface area (Å²) in [5.41, 5.74) is 7.52. The molecule has 0 aliphatic heterocycles. The molecule has 1 aromatic heterocycles. The lowest BCUT2D eigenvalue weighted by Gasteiger charge is -1.98. The van der Waals surface area contributed by atoms with Gasteiger partial charge in [0.1, 0.15) is 0 Å². The molecule has 0 spiro atoms. The van der Waals surface area contributed by atoms with Gasteiger partial charge in [0.05, 0.1) is 17.6 Å². The minimum atomic E-state index is 0.789. The van der Waals surface area contributed by atoms with E-state index >= 15 is 0 Å². The van der Waals surface area contributed by atoms with Crippen molar-refractivity contribution < 1.29 is 0 Å². The zero-order valence-electron chi connectivity index (χ0n) is 6.16. The first-order chi connectivity index (χ1) is 4.75. The van der Waals surface area contributed by atoms with Crippen molar-refractivity contribution in [3.63, 3.8) is 0 Å². The quantitative estimate of drug-likeness (QED) is 0.692. The van der Waals surface area contributed by atoms with Crippen LogP contribution in [0.25, 0.3) is 0 Å². The summed E-state index contributed by atoms with van der Waals surface area (Å²) in [5, 5.41) is 4.01. The van der Waals surface area contributed by atoms with Crippen molar-refractivity contribution in [3.05, 3.63) is 11.9 Å². The number of hydrogen-bond acceptors (Lipinski definition) is 3. The van der Waals surface area contributed by atoms with Crippen molar-refractivity contribution in [2.45, 2.75) is 5.75 Å². The number of nitrogen functional groups attached to an aromatic ring is 1. The highest BCUT2D eigenvalue weighted by Gasteiger charge is 2.02. The third-order valence-electron chi connectivity index (χ3n) is 1.37. The number of thioether (sulfide) groups is 1. The van der Waals surface area contributed by atoms with Gasteiger partial charge in [-0.1, -0.05) is 0 Å². The van der Waals surface area contributed by atoms with Crippen LogP contribution in [0.5, 0.6) is 0 Å². The van der Waals surface area contributed by atoms with Gasteiger partial charge >= 0.3 is 0 Å². The maximum absolute atomic E-state index is 5.63. The topological polar surface area (TPSA) is 43.8 Å². The number of aromatic nitrogens is 2. The molecule has 2 N–H and O–H groups in total. The molecule has 56 valence electrons. The Labute approximate surface area is 64.6 Å². The largest absolute Gasteiger partial charge is 0.396 e. The van der Waals surface area contributed by atoms with Crippen LogP contribution >= 0.6 is 11.8 Å². The molecule has 0 aliphatic carbocycles. The summed E-state index contributed by atoms with van der Waals surface area (Å²) in [5.74, 6) is 0.933. The SMILES string of the molecule is CSCc1c(N)cnn1C. The second kappa shape index (κ2) is 2.96. The molecule has 0 saturated carbocycles. The van der Waals surface area contributed by atoms with Crippen LogP contribution in [0.15, 0.2) is 6.20 Å². The second-order valence-corrected chi connectivity index (χ2v) is 2.97. The average molecular weight is 157 g/mol. The maximum Gasteiger partial charge on any atom is 0.0741 e. The van der Waals surface area contributed by atoms with Gasteiger partial charge in [0.2, 0.25) is 0 Å². The van der Waals surface area contributed by atoms with E-state index in [-0.39, 0.29) is 0 Å². The van der Waals surface area contributed by atoms with E-state index < -0.39 is 0 Å². The zero-order chi connectivity index (χ0) is 7.56. The molecule has 0 aromatic carbocycles. The highest BCUT2D eigenvalue weighted by molar-refractivity contribution is 7.97.